The lowest BCUT2D eigenvalue weighted by Crippen LogP contribution is -2.51. The van der Waals surface area contributed by atoms with Crippen LogP contribution in [-0.2, 0) is 17.1 Å². The van der Waals surface area contributed by atoms with Gasteiger partial charge in [0, 0.05) is 25.0 Å². The Kier molecular flexibility index (Phi) is 4.83. The van der Waals surface area contributed by atoms with Gasteiger partial charge in [-0.1, -0.05) is 6.92 Å². The SMILES string of the molecule is CCC(CCl)(CCl)NS(=O)(=O)c1cnn(C)c1. The number of sulfonamides is 1. The van der Waals surface area contributed by atoms with Gasteiger partial charge in [-0.2, -0.15) is 5.10 Å². The number of halogens is 2. The van der Waals surface area contributed by atoms with E-state index in [1.165, 1.54) is 17.1 Å². The predicted octanol–water partition coefficient (Wildman–Crippen LogP) is 1.32. The van der Waals surface area contributed by atoms with Gasteiger partial charge in [0.1, 0.15) is 4.90 Å². The molecule has 0 aliphatic carbocycles. The van der Waals surface area contributed by atoms with Gasteiger partial charge in [0.05, 0.1) is 11.7 Å². The smallest absolute Gasteiger partial charge is 0.244 e. The third kappa shape index (κ3) is 3.34. The maximum atomic E-state index is 12.1. The Balaban J connectivity index is 3.00. The van der Waals surface area contributed by atoms with Gasteiger partial charge < -0.3 is 0 Å². The maximum Gasteiger partial charge on any atom is 0.244 e. The quantitative estimate of drug-likeness (QED) is 0.806. The number of rotatable bonds is 6. The second-order valence-electron chi connectivity index (χ2n) is 3.86. The Morgan fingerprint density at radius 3 is 2.41 bits per heavy atom. The highest BCUT2D eigenvalue weighted by Gasteiger charge is 2.32. The number of alkyl halides is 2. The van der Waals surface area contributed by atoms with Crippen LogP contribution in [0.2, 0.25) is 0 Å². The van der Waals surface area contributed by atoms with Gasteiger partial charge in [0.25, 0.3) is 0 Å². The Morgan fingerprint density at radius 1 is 1.47 bits per heavy atom. The van der Waals surface area contributed by atoms with Crippen LogP contribution in [0.3, 0.4) is 0 Å². The predicted molar refractivity (Wildman–Crippen MR) is 68.0 cm³/mol. The summed E-state index contributed by atoms with van der Waals surface area (Å²) < 4.78 is 28.1. The van der Waals surface area contributed by atoms with Crippen LogP contribution in [0.1, 0.15) is 13.3 Å². The lowest BCUT2D eigenvalue weighted by Gasteiger charge is -2.28. The summed E-state index contributed by atoms with van der Waals surface area (Å²) in [4.78, 5) is 0.105. The number of hydrogen-bond acceptors (Lipinski definition) is 3. The molecular weight excluding hydrogens is 285 g/mol. The summed E-state index contributed by atoms with van der Waals surface area (Å²) in [6, 6.07) is 0. The summed E-state index contributed by atoms with van der Waals surface area (Å²) in [6.07, 6.45) is 3.22. The van der Waals surface area contributed by atoms with Crippen molar-refractivity contribution < 1.29 is 8.42 Å². The molecule has 1 aromatic heterocycles. The van der Waals surface area contributed by atoms with Gasteiger partial charge in [-0.3, -0.25) is 4.68 Å². The van der Waals surface area contributed by atoms with Crippen LogP contribution in [0, 0.1) is 0 Å². The molecule has 1 heterocycles. The minimum atomic E-state index is -3.64. The zero-order valence-electron chi connectivity index (χ0n) is 9.65. The molecule has 0 unspecified atom stereocenters. The number of aryl methyl sites for hydroxylation is 1. The second kappa shape index (κ2) is 5.56. The van der Waals surface area contributed by atoms with E-state index < -0.39 is 15.6 Å². The Morgan fingerprint density at radius 2 is 2.06 bits per heavy atom. The monoisotopic (exact) mass is 299 g/mol. The summed E-state index contributed by atoms with van der Waals surface area (Å²) >= 11 is 11.6. The lowest BCUT2D eigenvalue weighted by molar-refractivity contribution is 0.449. The molecule has 0 amide bonds. The molecule has 0 bridgehead atoms. The first-order valence-corrected chi connectivity index (χ1v) is 7.59. The van der Waals surface area contributed by atoms with Crippen molar-refractivity contribution >= 4 is 33.2 Å². The fourth-order valence-corrected chi connectivity index (χ4v) is 3.64. The van der Waals surface area contributed by atoms with Gasteiger partial charge >= 0.3 is 0 Å². The zero-order valence-corrected chi connectivity index (χ0v) is 12.0. The van der Waals surface area contributed by atoms with Crippen LogP contribution in [-0.4, -0.2) is 35.5 Å². The molecule has 5 nitrogen and oxygen atoms in total. The maximum absolute atomic E-state index is 12.1. The molecule has 0 aliphatic heterocycles. The van der Waals surface area contributed by atoms with E-state index >= 15 is 0 Å². The highest BCUT2D eigenvalue weighted by Crippen LogP contribution is 2.19. The van der Waals surface area contributed by atoms with E-state index in [2.05, 4.69) is 9.82 Å². The lowest BCUT2D eigenvalue weighted by atomic mass is 10.0. The molecule has 0 fully saturated rings. The summed E-state index contributed by atoms with van der Waals surface area (Å²) in [5.74, 6) is 0.235. The molecule has 0 radical (unpaired) electrons. The Labute approximate surface area is 111 Å². The number of nitrogens with one attached hydrogen (secondary N) is 1. The van der Waals surface area contributed by atoms with Crippen LogP contribution in [0.15, 0.2) is 17.3 Å². The first-order chi connectivity index (χ1) is 7.89. The van der Waals surface area contributed by atoms with Crippen LogP contribution in [0.5, 0.6) is 0 Å². The highest BCUT2D eigenvalue weighted by molar-refractivity contribution is 7.89. The van der Waals surface area contributed by atoms with E-state index in [-0.39, 0.29) is 16.7 Å². The first kappa shape index (κ1) is 14.8. The molecule has 1 rings (SSSR count). The van der Waals surface area contributed by atoms with E-state index in [1.54, 1.807) is 7.05 Å². The van der Waals surface area contributed by atoms with Crippen molar-refractivity contribution in [1.82, 2.24) is 14.5 Å². The number of nitrogens with zero attached hydrogens (tertiary/aromatic N) is 2. The summed E-state index contributed by atoms with van der Waals surface area (Å²) in [5.41, 5.74) is -0.822. The average Bonchev–Trinajstić information content (AvgIpc) is 2.74. The van der Waals surface area contributed by atoms with E-state index in [0.29, 0.717) is 6.42 Å². The molecular formula is C9H15Cl2N3O2S. The summed E-state index contributed by atoms with van der Waals surface area (Å²) in [5, 5.41) is 3.82. The topological polar surface area (TPSA) is 64.0 Å². The van der Waals surface area contributed by atoms with Gasteiger partial charge in [0.15, 0.2) is 0 Å². The molecule has 0 aliphatic rings. The van der Waals surface area contributed by atoms with Gasteiger partial charge in [-0.05, 0) is 6.42 Å². The van der Waals surface area contributed by atoms with Gasteiger partial charge in [-0.25, -0.2) is 13.1 Å². The van der Waals surface area contributed by atoms with Crippen LogP contribution < -0.4 is 4.72 Å². The Hall–Kier alpha value is -0.300. The molecule has 0 spiro atoms. The van der Waals surface area contributed by atoms with Crippen molar-refractivity contribution in [3.63, 3.8) is 0 Å². The summed E-state index contributed by atoms with van der Waals surface area (Å²) in [7, 11) is -1.99. The molecule has 0 atom stereocenters. The standard InChI is InChI=1S/C9H15Cl2N3O2S/c1-3-9(6-10,7-11)13-17(15,16)8-4-12-14(2)5-8/h4-5,13H,3,6-7H2,1-2H3. The van der Waals surface area contributed by atoms with Crippen molar-refractivity contribution in [1.29, 1.82) is 0 Å². The van der Waals surface area contributed by atoms with Crippen molar-refractivity contribution in [3.05, 3.63) is 12.4 Å². The van der Waals surface area contributed by atoms with Crippen molar-refractivity contribution in [2.24, 2.45) is 7.05 Å². The van der Waals surface area contributed by atoms with Crippen LogP contribution >= 0.6 is 23.2 Å². The van der Waals surface area contributed by atoms with Crippen molar-refractivity contribution in [2.75, 3.05) is 11.8 Å². The molecule has 0 saturated carbocycles. The molecule has 1 N–H and O–H groups in total. The van der Waals surface area contributed by atoms with Crippen LogP contribution in [0.4, 0.5) is 0 Å². The number of hydrogen-bond donors (Lipinski definition) is 1. The molecule has 1 aromatic rings. The first-order valence-electron chi connectivity index (χ1n) is 5.03. The molecule has 0 saturated heterocycles. The van der Waals surface area contributed by atoms with Crippen molar-refractivity contribution in [2.45, 2.75) is 23.8 Å². The van der Waals surface area contributed by atoms with Crippen molar-refractivity contribution in [3.8, 4) is 0 Å². The van der Waals surface area contributed by atoms with E-state index in [9.17, 15) is 8.42 Å². The Bertz CT molecular complexity index is 460. The highest BCUT2D eigenvalue weighted by atomic mass is 35.5. The van der Waals surface area contributed by atoms with E-state index in [1.807, 2.05) is 6.92 Å². The fraction of sp³-hybridized carbons (Fsp3) is 0.667. The fourth-order valence-electron chi connectivity index (χ4n) is 1.23. The van der Waals surface area contributed by atoms with Crippen LogP contribution in [0.25, 0.3) is 0 Å². The largest absolute Gasteiger partial charge is 0.274 e. The van der Waals surface area contributed by atoms with Gasteiger partial charge in [0.2, 0.25) is 10.0 Å². The third-order valence-electron chi connectivity index (χ3n) is 2.53. The van der Waals surface area contributed by atoms with E-state index in [0.717, 1.165) is 0 Å². The minimum absolute atomic E-state index is 0.105. The minimum Gasteiger partial charge on any atom is -0.274 e. The van der Waals surface area contributed by atoms with Gasteiger partial charge in [-0.15, -0.1) is 23.2 Å². The third-order valence-corrected chi connectivity index (χ3v) is 5.09. The molecule has 0 aromatic carbocycles. The molecule has 98 valence electrons. The summed E-state index contributed by atoms with van der Waals surface area (Å²) in [6.45, 7) is 1.83. The van der Waals surface area contributed by atoms with E-state index in [4.69, 9.17) is 23.2 Å². The molecule has 17 heavy (non-hydrogen) atoms. The number of aromatic nitrogens is 2. The average molecular weight is 300 g/mol. The second-order valence-corrected chi connectivity index (χ2v) is 6.07. The zero-order chi connectivity index (χ0) is 13.1. The normalized spacial score (nSPS) is 12.9. The molecule has 8 heteroatoms.